The first-order valence-corrected chi connectivity index (χ1v) is 18.9. The molecule has 0 radical (unpaired) electrons. The Balaban J connectivity index is 0.00000203. The summed E-state index contributed by atoms with van der Waals surface area (Å²) in [6, 6.07) is 19.8. The molecule has 18 heteroatoms. The Morgan fingerprint density at radius 2 is 1.23 bits per heavy atom. The Bertz CT molecular complexity index is 1810. The summed E-state index contributed by atoms with van der Waals surface area (Å²) in [5.41, 5.74) is 4.88. The molecule has 3 rings (SSSR count). The van der Waals surface area contributed by atoms with E-state index in [2.05, 4.69) is 26.4 Å². The molecule has 3 aromatic rings. The van der Waals surface area contributed by atoms with Crippen molar-refractivity contribution in [1.29, 1.82) is 0 Å². The van der Waals surface area contributed by atoms with E-state index in [0.717, 1.165) is 22.4 Å². The predicted molar refractivity (Wildman–Crippen MR) is 208 cm³/mol. The van der Waals surface area contributed by atoms with Crippen LogP contribution in [0.5, 0.6) is 0 Å². The average Bonchev–Trinajstić information content (AvgIpc) is 3.11. The van der Waals surface area contributed by atoms with Gasteiger partial charge in [-0.1, -0.05) is 102 Å². The van der Waals surface area contributed by atoms with Crippen LogP contribution in [0.1, 0.15) is 52.7 Å². The van der Waals surface area contributed by atoms with Crippen molar-refractivity contribution < 1.29 is 51.3 Å². The van der Waals surface area contributed by atoms with Crippen molar-refractivity contribution in [3.05, 3.63) is 90.1 Å². The third-order valence-electron chi connectivity index (χ3n) is 8.21. The lowest BCUT2D eigenvalue weighted by molar-refractivity contribution is -0.132. The van der Waals surface area contributed by atoms with Crippen LogP contribution in [0.3, 0.4) is 0 Å². The first-order chi connectivity index (χ1) is 26.0. The van der Waals surface area contributed by atoms with Crippen molar-refractivity contribution in [2.75, 3.05) is 20.8 Å². The summed E-state index contributed by atoms with van der Waals surface area (Å²) in [6.45, 7) is 10.9. The topological polar surface area (TPSA) is 246 Å². The smallest absolute Gasteiger partial charge is 0.407 e. The van der Waals surface area contributed by atoms with Gasteiger partial charge in [-0.05, 0) is 40.5 Å². The quantitative estimate of drug-likeness (QED) is 0.0912. The predicted octanol–water partition coefficient (Wildman–Crippen LogP) is 3.56. The molecule has 0 saturated heterocycles. The number of alkyl carbamates (subject to hydrolysis) is 2. The zero-order valence-corrected chi connectivity index (χ0v) is 33.7. The fourth-order valence-corrected chi connectivity index (χ4v) is 5.38. The Morgan fingerprint density at radius 3 is 1.70 bits per heavy atom. The number of benzene rings is 2. The highest BCUT2D eigenvalue weighted by Gasteiger charge is 2.37. The molecule has 1 aromatic heterocycles. The number of hydrogen-bond acceptors (Lipinski definition) is 11. The molecule has 1 heterocycles. The summed E-state index contributed by atoms with van der Waals surface area (Å²) in [4.78, 5) is 56.3. The molecule has 4 atom stereocenters. The fourth-order valence-electron chi connectivity index (χ4n) is 5.38. The number of ether oxygens (including phenoxy) is 2. The highest BCUT2D eigenvalue weighted by atomic mass is 32.3. The number of amides is 4. The van der Waals surface area contributed by atoms with Gasteiger partial charge in [0.25, 0.3) is 5.91 Å². The molecule has 56 heavy (non-hydrogen) atoms. The van der Waals surface area contributed by atoms with Crippen LogP contribution in [0.15, 0.2) is 79.0 Å². The van der Waals surface area contributed by atoms with Crippen LogP contribution in [0, 0.1) is 10.8 Å². The van der Waals surface area contributed by atoms with Gasteiger partial charge in [-0.25, -0.2) is 14.6 Å². The second-order valence-electron chi connectivity index (χ2n) is 15.0. The van der Waals surface area contributed by atoms with Crippen molar-refractivity contribution in [3.63, 3.8) is 0 Å². The number of nitrogens with zero attached hydrogens (tertiary/aromatic N) is 2. The molecule has 0 aliphatic carbocycles. The number of aliphatic hydroxyl groups excluding tert-OH is 1. The second kappa shape index (κ2) is 21.2. The molecule has 3 unspecified atom stereocenters. The minimum absolute atomic E-state index is 0.120. The lowest BCUT2D eigenvalue weighted by atomic mass is 9.85. The molecular formula is C38H54N6O11S. The maximum absolute atomic E-state index is 13.8. The third kappa shape index (κ3) is 17.1. The molecule has 0 aliphatic rings. The van der Waals surface area contributed by atoms with Crippen LogP contribution in [0.25, 0.3) is 11.3 Å². The first-order valence-electron chi connectivity index (χ1n) is 17.5. The van der Waals surface area contributed by atoms with E-state index in [-0.39, 0.29) is 19.5 Å². The Kier molecular flexibility index (Phi) is 17.8. The largest absolute Gasteiger partial charge is 0.453 e. The number of hydrazine groups is 1. The Hall–Kier alpha value is -5.14. The molecule has 0 bridgehead atoms. The Labute approximate surface area is 328 Å². The molecule has 0 spiro atoms. The molecular weight excluding hydrogens is 749 g/mol. The fraction of sp³-hybridized carbons (Fsp3) is 0.447. The maximum atomic E-state index is 13.8. The van der Waals surface area contributed by atoms with Gasteiger partial charge >= 0.3 is 22.6 Å². The summed E-state index contributed by atoms with van der Waals surface area (Å²) in [5, 5.41) is 21.6. The monoisotopic (exact) mass is 802 g/mol. The van der Waals surface area contributed by atoms with Crippen LogP contribution in [0.4, 0.5) is 9.59 Å². The summed E-state index contributed by atoms with van der Waals surface area (Å²) >= 11 is 0. The lowest BCUT2D eigenvalue weighted by Crippen LogP contribution is -2.60. The number of hydrogen-bond donors (Lipinski definition) is 7. The van der Waals surface area contributed by atoms with Crippen LogP contribution >= 0.6 is 0 Å². The SMILES string of the molecule is COC(=O)NC(C(=O)NC(Cc1ccccc1)C(O)CN(Cc1ccc(-c2ccccn2)cc1)NC(=O)[C@@H](NC(=O)OC)C(C)(C)C)C(C)(C)C.O=S(=O)(O)O. The number of aliphatic hydroxyl groups is 1. The normalized spacial score (nSPS) is 13.8. The summed E-state index contributed by atoms with van der Waals surface area (Å²) < 4.78 is 41.1. The standard InChI is InChI=1S/C38H52N6O7.H2O4S/c1-37(2,3)31(41-35(48)50-7)33(46)40-29(22-25-14-10-9-11-15-25)30(45)24-44(43-34(47)32(38(4,5)6)42-36(49)51-8)23-26-17-19-27(20-18-26)28-16-12-13-21-39-28;1-5(2,3)4/h9-21,29-32,45H,22-24H2,1-8H3,(H,40,46)(H,41,48)(H,42,49)(H,43,47);(H2,1,2,3,4)/t29?,30?,31?,32-;/m1./s1. The molecule has 4 amide bonds. The number of carbonyl (C=O) groups is 4. The first kappa shape index (κ1) is 47.0. The molecule has 2 aromatic carbocycles. The number of carbonyl (C=O) groups excluding carboxylic acids is 4. The minimum Gasteiger partial charge on any atom is -0.453 e. The second-order valence-corrected chi connectivity index (χ2v) is 15.9. The summed E-state index contributed by atoms with van der Waals surface area (Å²) in [7, 11) is -2.23. The maximum Gasteiger partial charge on any atom is 0.407 e. The third-order valence-corrected chi connectivity index (χ3v) is 8.21. The molecule has 7 N–H and O–H groups in total. The molecule has 308 valence electrons. The van der Waals surface area contributed by atoms with E-state index in [1.165, 1.54) is 14.2 Å². The van der Waals surface area contributed by atoms with Crippen molar-refractivity contribution in [2.45, 2.75) is 78.7 Å². The van der Waals surface area contributed by atoms with Crippen molar-refractivity contribution in [2.24, 2.45) is 10.8 Å². The van der Waals surface area contributed by atoms with Gasteiger partial charge in [0.05, 0.1) is 32.1 Å². The van der Waals surface area contributed by atoms with Crippen LogP contribution in [0.2, 0.25) is 0 Å². The van der Waals surface area contributed by atoms with Gasteiger partial charge in [-0.15, -0.1) is 0 Å². The molecule has 0 fully saturated rings. The summed E-state index contributed by atoms with van der Waals surface area (Å²) in [5.74, 6) is -1.03. The molecule has 0 aliphatic heterocycles. The van der Waals surface area contributed by atoms with Gasteiger partial charge in [0.15, 0.2) is 0 Å². The highest BCUT2D eigenvalue weighted by molar-refractivity contribution is 7.79. The number of rotatable bonds is 14. The van der Waals surface area contributed by atoms with Crippen LogP contribution in [-0.2, 0) is 42.4 Å². The number of pyridine rings is 1. The molecule has 17 nitrogen and oxygen atoms in total. The summed E-state index contributed by atoms with van der Waals surface area (Å²) in [6.07, 6.45) is -0.778. The van der Waals surface area contributed by atoms with E-state index >= 15 is 0 Å². The van der Waals surface area contributed by atoms with Crippen LogP contribution in [-0.4, -0.2) is 102 Å². The van der Waals surface area contributed by atoms with Crippen molar-refractivity contribution >= 4 is 34.4 Å². The van der Waals surface area contributed by atoms with Crippen molar-refractivity contribution in [1.82, 2.24) is 31.4 Å². The average molecular weight is 803 g/mol. The van der Waals surface area contributed by atoms with Crippen molar-refractivity contribution in [3.8, 4) is 11.3 Å². The van der Waals surface area contributed by atoms with Gasteiger partial charge < -0.3 is 30.5 Å². The zero-order chi connectivity index (χ0) is 42.3. The van der Waals surface area contributed by atoms with E-state index in [1.807, 2.05) is 93.6 Å². The van der Waals surface area contributed by atoms with Gasteiger partial charge in [-0.3, -0.25) is 29.1 Å². The minimum atomic E-state index is -4.67. The molecule has 0 saturated carbocycles. The van der Waals surface area contributed by atoms with Gasteiger partial charge in [-0.2, -0.15) is 8.42 Å². The number of nitrogens with one attached hydrogen (secondary N) is 4. The van der Waals surface area contributed by atoms with E-state index in [4.69, 9.17) is 27.0 Å². The van der Waals surface area contributed by atoms with E-state index in [9.17, 15) is 24.3 Å². The van der Waals surface area contributed by atoms with Gasteiger partial charge in [0.1, 0.15) is 12.1 Å². The Morgan fingerprint density at radius 1 is 0.732 bits per heavy atom. The highest BCUT2D eigenvalue weighted by Crippen LogP contribution is 2.23. The van der Waals surface area contributed by atoms with E-state index in [1.54, 1.807) is 32.0 Å². The zero-order valence-electron chi connectivity index (χ0n) is 32.8. The number of methoxy groups -OCH3 is 2. The van der Waals surface area contributed by atoms with Gasteiger partial charge in [0, 0.05) is 24.8 Å². The van der Waals surface area contributed by atoms with E-state index < -0.39 is 69.5 Å². The van der Waals surface area contributed by atoms with E-state index in [0.29, 0.717) is 0 Å². The lowest BCUT2D eigenvalue weighted by Gasteiger charge is -2.35. The van der Waals surface area contributed by atoms with Gasteiger partial charge in [0.2, 0.25) is 5.91 Å². The number of aromatic nitrogens is 1. The van der Waals surface area contributed by atoms with Crippen LogP contribution < -0.4 is 21.4 Å².